The first-order valence-corrected chi connectivity index (χ1v) is 7.33. The monoisotopic (exact) mass is 303 g/mol. The van der Waals surface area contributed by atoms with Gasteiger partial charge in [0.05, 0.1) is 20.1 Å². The number of hydrogen-bond donors (Lipinski definition) is 0. The first kappa shape index (κ1) is 16.1. The molecule has 0 bridgehead atoms. The van der Waals surface area contributed by atoms with Crippen LogP contribution in [0, 0.1) is 13.8 Å². The van der Waals surface area contributed by atoms with E-state index in [-0.39, 0.29) is 12.4 Å². The molecule has 0 spiro atoms. The third-order valence-electron chi connectivity index (χ3n) is 3.70. The maximum Gasteiger partial charge on any atom is 0.354 e. The molecule has 0 atom stereocenters. The van der Waals surface area contributed by atoms with Crippen LogP contribution in [0.1, 0.15) is 35.0 Å². The summed E-state index contributed by atoms with van der Waals surface area (Å²) >= 11 is 0. The molecule has 22 heavy (non-hydrogen) atoms. The molecule has 2 aromatic rings. The summed E-state index contributed by atoms with van der Waals surface area (Å²) in [4.78, 5) is 23.7. The van der Waals surface area contributed by atoms with Gasteiger partial charge in [-0.1, -0.05) is 11.6 Å². The van der Waals surface area contributed by atoms with Crippen LogP contribution in [0.25, 0.3) is 10.9 Å². The van der Waals surface area contributed by atoms with Gasteiger partial charge in [-0.2, -0.15) is 0 Å². The number of fused-ring (bicyclic) bond motifs is 1. The summed E-state index contributed by atoms with van der Waals surface area (Å²) in [6.07, 6.45) is 0.217. The summed E-state index contributed by atoms with van der Waals surface area (Å²) in [6.45, 7) is 6.42. The van der Waals surface area contributed by atoms with E-state index in [9.17, 15) is 9.59 Å². The van der Waals surface area contributed by atoms with Crippen LogP contribution in [0.5, 0.6) is 0 Å². The molecule has 0 saturated heterocycles. The average Bonchev–Trinajstić information content (AvgIpc) is 2.77. The topological polar surface area (TPSA) is 57.5 Å². The Morgan fingerprint density at radius 3 is 2.59 bits per heavy atom. The van der Waals surface area contributed by atoms with Crippen molar-refractivity contribution in [1.82, 2.24) is 4.57 Å². The number of aromatic nitrogens is 1. The lowest BCUT2D eigenvalue weighted by Crippen LogP contribution is -2.15. The molecule has 1 heterocycles. The molecule has 1 aromatic carbocycles. The largest absolute Gasteiger partial charge is 0.466 e. The molecular weight excluding hydrogens is 282 g/mol. The molecule has 0 aliphatic rings. The van der Waals surface area contributed by atoms with E-state index >= 15 is 0 Å². The number of hydrogen-bond acceptors (Lipinski definition) is 4. The minimum absolute atomic E-state index is 0.217. The van der Waals surface area contributed by atoms with Crippen molar-refractivity contribution in [3.05, 3.63) is 35.0 Å². The second kappa shape index (κ2) is 6.64. The van der Waals surface area contributed by atoms with Crippen molar-refractivity contribution in [2.75, 3.05) is 13.7 Å². The van der Waals surface area contributed by atoms with E-state index < -0.39 is 5.97 Å². The molecule has 118 valence electrons. The molecule has 0 aliphatic carbocycles. The minimum Gasteiger partial charge on any atom is -0.466 e. The fourth-order valence-electron chi connectivity index (χ4n) is 2.66. The Morgan fingerprint density at radius 2 is 1.95 bits per heavy atom. The van der Waals surface area contributed by atoms with E-state index in [0.29, 0.717) is 18.8 Å². The lowest BCUT2D eigenvalue weighted by molar-refractivity contribution is -0.143. The number of carbonyl (C=O) groups excluding carboxylic acids is 2. The van der Waals surface area contributed by atoms with Crippen LogP contribution in [-0.4, -0.2) is 30.2 Å². The summed E-state index contributed by atoms with van der Waals surface area (Å²) in [5.41, 5.74) is 3.41. The smallest absolute Gasteiger partial charge is 0.354 e. The first-order valence-electron chi connectivity index (χ1n) is 7.33. The SMILES string of the molecule is CCOC(=O)CCn1c(C(=O)OC)c(C)c2cc(C)ccc21. The Bertz CT molecular complexity index is 715. The second-order valence-corrected chi connectivity index (χ2v) is 5.19. The predicted octanol–water partition coefficient (Wildman–Crippen LogP) is 3.00. The number of nitrogens with zero attached hydrogens (tertiary/aromatic N) is 1. The van der Waals surface area contributed by atoms with Gasteiger partial charge in [0.15, 0.2) is 0 Å². The van der Waals surface area contributed by atoms with Gasteiger partial charge in [0, 0.05) is 17.4 Å². The Kier molecular flexibility index (Phi) is 4.85. The highest BCUT2D eigenvalue weighted by atomic mass is 16.5. The maximum absolute atomic E-state index is 12.1. The lowest BCUT2D eigenvalue weighted by Gasteiger charge is -2.09. The number of ether oxygens (including phenoxy) is 2. The van der Waals surface area contributed by atoms with Crippen molar-refractivity contribution >= 4 is 22.8 Å². The van der Waals surface area contributed by atoms with Gasteiger partial charge in [0.2, 0.25) is 0 Å². The predicted molar refractivity (Wildman–Crippen MR) is 84.0 cm³/mol. The highest BCUT2D eigenvalue weighted by Crippen LogP contribution is 2.27. The van der Waals surface area contributed by atoms with Crippen LogP contribution in [-0.2, 0) is 20.8 Å². The minimum atomic E-state index is -0.393. The van der Waals surface area contributed by atoms with Crippen molar-refractivity contribution in [2.24, 2.45) is 0 Å². The Morgan fingerprint density at radius 1 is 1.23 bits per heavy atom. The average molecular weight is 303 g/mol. The fourth-order valence-corrected chi connectivity index (χ4v) is 2.66. The van der Waals surface area contributed by atoms with Crippen molar-refractivity contribution in [1.29, 1.82) is 0 Å². The van der Waals surface area contributed by atoms with Crippen molar-refractivity contribution in [2.45, 2.75) is 33.7 Å². The summed E-state index contributed by atoms with van der Waals surface area (Å²) in [6, 6.07) is 6.00. The summed E-state index contributed by atoms with van der Waals surface area (Å²) in [5, 5.41) is 1.00. The molecule has 0 N–H and O–H groups in total. The van der Waals surface area contributed by atoms with Crippen LogP contribution in [0.4, 0.5) is 0 Å². The van der Waals surface area contributed by atoms with E-state index in [4.69, 9.17) is 9.47 Å². The Balaban J connectivity index is 2.49. The fraction of sp³-hybridized carbons (Fsp3) is 0.412. The molecular formula is C17H21NO4. The summed E-state index contributed by atoms with van der Waals surface area (Å²) in [7, 11) is 1.36. The molecule has 5 nitrogen and oxygen atoms in total. The van der Waals surface area contributed by atoms with Gasteiger partial charge in [-0.15, -0.1) is 0 Å². The number of esters is 2. The zero-order valence-electron chi connectivity index (χ0n) is 13.4. The van der Waals surface area contributed by atoms with Crippen molar-refractivity contribution < 1.29 is 19.1 Å². The van der Waals surface area contributed by atoms with Crippen molar-refractivity contribution in [3.63, 3.8) is 0 Å². The summed E-state index contributed by atoms with van der Waals surface area (Å²) < 4.78 is 11.7. The maximum atomic E-state index is 12.1. The number of aryl methyl sites for hydroxylation is 3. The van der Waals surface area contributed by atoms with E-state index in [1.165, 1.54) is 7.11 Å². The lowest BCUT2D eigenvalue weighted by atomic mass is 10.1. The van der Waals surface area contributed by atoms with Gasteiger partial charge < -0.3 is 14.0 Å². The number of carbonyl (C=O) groups is 2. The van der Waals surface area contributed by atoms with Gasteiger partial charge in [-0.3, -0.25) is 4.79 Å². The quantitative estimate of drug-likeness (QED) is 0.797. The Hall–Kier alpha value is -2.30. The van der Waals surface area contributed by atoms with Gasteiger partial charge >= 0.3 is 11.9 Å². The number of benzene rings is 1. The van der Waals surface area contributed by atoms with Gasteiger partial charge in [0.25, 0.3) is 0 Å². The molecule has 5 heteroatoms. The van der Waals surface area contributed by atoms with Gasteiger partial charge in [0.1, 0.15) is 5.69 Å². The highest BCUT2D eigenvalue weighted by Gasteiger charge is 2.21. The summed E-state index contributed by atoms with van der Waals surface area (Å²) in [5.74, 6) is -0.667. The van der Waals surface area contributed by atoms with Crippen LogP contribution in [0.2, 0.25) is 0 Å². The van der Waals surface area contributed by atoms with Gasteiger partial charge in [-0.05, 0) is 38.5 Å². The first-order chi connectivity index (χ1) is 10.5. The highest BCUT2D eigenvalue weighted by molar-refractivity contribution is 5.99. The normalized spacial score (nSPS) is 10.7. The molecule has 1 aromatic heterocycles. The second-order valence-electron chi connectivity index (χ2n) is 5.19. The van der Waals surface area contributed by atoms with E-state index in [2.05, 4.69) is 0 Å². The molecule has 0 fully saturated rings. The van der Waals surface area contributed by atoms with Crippen LogP contribution in [0.15, 0.2) is 18.2 Å². The molecule has 0 radical (unpaired) electrons. The number of methoxy groups -OCH3 is 1. The number of rotatable bonds is 5. The van der Waals surface area contributed by atoms with Crippen LogP contribution < -0.4 is 0 Å². The molecule has 0 saturated carbocycles. The van der Waals surface area contributed by atoms with Crippen LogP contribution in [0.3, 0.4) is 0 Å². The van der Waals surface area contributed by atoms with Crippen molar-refractivity contribution in [3.8, 4) is 0 Å². The van der Waals surface area contributed by atoms with E-state index in [0.717, 1.165) is 22.0 Å². The van der Waals surface area contributed by atoms with E-state index in [1.54, 1.807) is 6.92 Å². The zero-order valence-corrected chi connectivity index (χ0v) is 13.4. The molecule has 2 rings (SSSR count). The van der Waals surface area contributed by atoms with Gasteiger partial charge in [-0.25, -0.2) is 4.79 Å². The Labute approximate surface area is 129 Å². The third-order valence-corrected chi connectivity index (χ3v) is 3.70. The third kappa shape index (κ3) is 2.98. The molecule has 0 amide bonds. The zero-order chi connectivity index (χ0) is 16.3. The molecule has 0 aliphatic heterocycles. The molecule has 0 unspecified atom stereocenters. The van der Waals surface area contributed by atoms with Crippen LogP contribution >= 0.6 is 0 Å². The standard InChI is InChI=1S/C17H21NO4/c1-5-22-15(19)8-9-18-14-7-6-11(2)10-13(14)12(3)16(18)17(20)21-4/h6-7,10H,5,8-9H2,1-4H3. The van der Waals surface area contributed by atoms with E-state index in [1.807, 2.05) is 36.6 Å².